The van der Waals surface area contributed by atoms with Crippen LogP contribution in [0.5, 0.6) is 0 Å². The van der Waals surface area contributed by atoms with E-state index >= 15 is 0 Å². The molecule has 6 rings (SSSR count). The van der Waals surface area contributed by atoms with Crippen molar-refractivity contribution in [3.8, 4) is 0 Å². The smallest absolute Gasteiger partial charge is 0.293 e. The summed E-state index contributed by atoms with van der Waals surface area (Å²) in [6.45, 7) is 8.85. The highest BCUT2D eigenvalue weighted by Crippen LogP contribution is 2.37. The molecule has 8 heteroatoms. The van der Waals surface area contributed by atoms with Gasteiger partial charge < -0.3 is 15.1 Å². The lowest BCUT2D eigenvalue weighted by molar-refractivity contribution is -0.120. The molecule has 0 radical (unpaired) electrons. The number of fused-ring (bicyclic) bond motifs is 2. The van der Waals surface area contributed by atoms with Gasteiger partial charge >= 0.3 is 0 Å². The van der Waals surface area contributed by atoms with Crippen LogP contribution in [-0.4, -0.2) is 62.5 Å². The molecule has 3 aromatic rings. The molecule has 1 N–H and O–H groups in total. The fraction of sp³-hybridized carbons (Fsp3) is 0.462. The van der Waals surface area contributed by atoms with Crippen molar-refractivity contribution in [2.24, 2.45) is 0 Å². The van der Waals surface area contributed by atoms with Crippen molar-refractivity contribution in [3.63, 3.8) is 0 Å². The highest BCUT2D eigenvalue weighted by atomic mass is 16.2. The molecular formula is C26H30N6O2. The molecule has 0 saturated carbocycles. The van der Waals surface area contributed by atoms with Crippen LogP contribution in [0.2, 0.25) is 0 Å². The molecule has 2 aromatic heterocycles. The predicted octanol–water partition coefficient (Wildman–Crippen LogP) is 2.70. The van der Waals surface area contributed by atoms with Gasteiger partial charge in [0, 0.05) is 31.5 Å². The first-order chi connectivity index (χ1) is 16.3. The Kier molecular flexibility index (Phi) is 4.53. The van der Waals surface area contributed by atoms with Gasteiger partial charge in [0.05, 0.1) is 23.5 Å². The molecule has 3 saturated heterocycles. The van der Waals surface area contributed by atoms with E-state index in [-0.39, 0.29) is 34.6 Å². The van der Waals surface area contributed by atoms with Crippen LogP contribution in [0.25, 0.3) is 5.65 Å². The summed E-state index contributed by atoms with van der Waals surface area (Å²) < 4.78 is 1.74. The van der Waals surface area contributed by atoms with Crippen molar-refractivity contribution >= 4 is 23.1 Å². The van der Waals surface area contributed by atoms with E-state index in [1.807, 2.05) is 20.0 Å². The maximum Gasteiger partial charge on any atom is 0.293 e. The zero-order chi connectivity index (χ0) is 23.7. The number of hydrogen-bond donors (Lipinski definition) is 1. The van der Waals surface area contributed by atoms with Crippen molar-refractivity contribution in [1.29, 1.82) is 0 Å². The van der Waals surface area contributed by atoms with Gasteiger partial charge in [0.15, 0.2) is 5.65 Å². The molecule has 0 bridgehead atoms. The number of hydrogen-bond acceptors (Lipinski definition) is 5. The zero-order valence-electron chi connectivity index (χ0n) is 19.9. The van der Waals surface area contributed by atoms with Crippen LogP contribution in [0.4, 0.5) is 5.69 Å². The lowest BCUT2D eigenvalue weighted by atomic mass is 9.82. The molecule has 0 unspecified atom stereocenters. The van der Waals surface area contributed by atoms with Crippen LogP contribution in [-0.2, 0) is 10.2 Å². The number of aromatic nitrogens is 3. The van der Waals surface area contributed by atoms with Gasteiger partial charge in [-0.1, -0.05) is 37.3 Å². The number of anilines is 1. The summed E-state index contributed by atoms with van der Waals surface area (Å²) >= 11 is 0. The quantitative estimate of drug-likeness (QED) is 0.653. The van der Waals surface area contributed by atoms with Crippen LogP contribution in [0, 0.1) is 6.92 Å². The number of amides is 2. The third-order valence-electron chi connectivity index (χ3n) is 8.15. The number of rotatable bonds is 3. The third-order valence-corrected chi connectivity index (χ3v) is 8.15. The number of aryl methyl sites for hydroxylation is 1. The highest BCUT2D eigenvalue weighted by Gasteiger charge is 2.52. The first-order valence-electron chi connectivity index (χ1n) is 12.1. The normalized spacial score (nSPS) is 28.6. The van der Waals surface area contributed by atoms with E-state index in [0.717, 1.165) is 37.2 Å². The van der Waals surface area contributed by atoms with E-state index in [0.29, 0.717) is 18.6 Å². The Balaban J connectivity index is 1.27. The van der Waals surface area contributed by atoms with Crippen LogP contribution in [0.15, 0.2) is 42.6 Å². The number of carbonyl (C=O) groups excluding carboxylic acids is 2. The van der Waals surface area contributed by atoms with Crippen LogP contribution >= 0.6 is 0 Å². The summed E-state index contributed by atoms with van der Waals surface area (Å²) in [4.78, 5) is 34.1. The molecule has 2 amide bonds. The summed E-state index contributed by atoms with van der Waals surface area (Å²) in [5, 5.41) is 7.62. The van der Waals surface area contributed by atoms with Gasteiger partial charge in [0.1, 0.15) is 0 Å². The van der Waals surface area contributed by atoms with Gasteiger partial charge in [-0.3, -0.25) is 9.59 Å². The van der Waals surface area contributed by atoms with Crippen LogP contribution < -0.4 is 10.2 Å². The average Bonchev–Trinajstić information content (AvgIpc) is 3.56. The molecule has 3 atom stereocenters. The Morgan fingerprint density at radius 1 is 1.15 bits per heavy atom. The van der Waals surface area contributed by atoms with Crippen molar-refractivity contribution in [2.45, 2.75) is 57.0 Å². The van der Waals surface area contributed by atoms with E-state index in [1.54, 1.807) is 9.42 Å². The lowest BCUT2D eigenvalue weighted by Crippen LogP contribution is -2.47. The molecule has 3 aliphatic heterocycles. The number of pyridine rings is 1. The van der Waals surface area contributed by atoms with Gasteiger partial charge in [-0.25, -0.2) is 9.50 Å². The molecular weight excluding hydrogens is 428 g/mol. The van der Waals surface area contributed by atoms with Crippen molar-refractivity contribution < 1.29 is 9.59 Å². The molecule has 3 aliphatic rings. The second-order valence-corrected chi connectivity index (χ2v) is 10.6. The maximum atomic E-state index is 13.3. The standard InChI is InChI=1S/C26H30N6O2/c1-17-13-19(30-11-9-25(2,16-30)18-7-5-4-6-8-18)15-32-23(17)27-22(29-32)24(34)31-12-10-26(3)20(31)14-21(33)28-26/h4-8,13,15,20H,9-12,14,16H2,1-3H3,(H,28,33)/t20-,25-,26-/m0/s1. The van der Waals surface area contributed by atoms with Crippen molar-refractivity contribution in [1.82, 2.24) is 24.8 Å². The Labute approximate surface area is 198 Å². The SMILES string of the molecule is Cc1cc(N2CC[C@](C)(c3ccccc3)C2)cn2nc(C(=O)N3CC[C@]4(C)NC(=O)C[C@H]34)nc12. The Morgan fingerprint density at radius 2 is 1.94 bits per heavy atom. The third kappa shape index (κ3) is 3.19. The zero-order valence-corrected chi connectivity index (χ0v) is 19.9. The largest absolute Gasteiger partial charge is 0.369 e. The Morgan fingerprint density at radius 3 is 2.74 bits per heavy atom. The minimum atomic E-state index is -0.351. The minimum absolute atomic E-state index is 0.00145. The predicted molar refractivity (Wildman–Crippen MR) is 129 cm³/mol. The van der Waals surface area contributed by atoms with Gasteiger partial charge in [-0.2, -0.15) is 0 Å². The van der Waals surface area contributed by atoms with E-state index in [4.69, 9.17) is 0 Å². The van der Waals surface area contributed by atoms with Crippen molar-refractivity contribution in [3.05, 3.63) is 59.5 Å². The average molecular weight is 459 g/mol. The molecule has 176 valence electrons. The first kappa shape index (κ1) is 21.1. The molecule has 0 spiro atoms. The van der Waals surface area contributed by atoms with E-state index in [1.165, 1.54) is 5.56 Å². The topological polar surface area (TPSA) is 82.8 Å². The number of benzene rings is 1. The fourth-order valence-electron chi connectivity index (χ4n) is 6.07. The summed E-state index contributed by atoms with van der Waals surface area (Å²) in [6, 6.07) is 12.7. The molecule has 1 aromatic carbocycles. The second kappa shape index (κ2) is 7.29. The molecule has 8 nitrogen and oxygen atoms in total. The minimum Gasteiger partial charge on any atom is -0.369 e. The number of nitrogens with zero attached hydrogens (tertiary/aromatic N) is 5. The van der Waals surface area contributed by atoms with E-state index in [2.05, 4.69) is 63.6 Å². The van der Waals surface area contributed by atoms with Gasteiger partial charge in [-0.15, -0.1) is 5.10 Å². The first-order valence-corrected chi connectivity index (χ1v) is 12.1. The van der Waals surface area contributed by atoms with Gasteiger partial charge in [0.2, 0.25) is 11.7 Å². The highest BCUT2D eigenvalue weighted by molar-refractivity contribution is 5.93. The van der Waals surface area contributed by atoms with E-state index < -0.39 is 0 Å². The summed E-state index contributed by atoms with van der Waals surface area (Å²) in [5.74, 6) is -0.00587. The van der Waals surface area contributed by atoms with E-state index in [9.17, 15) is 9.59 Å². The fourth-order valence-corrected chi connectivity index (χ4v) is 6.07. The molecule has 0 aliphatic carbocycles. The second-order valence-electron chi connectivity index (χ2n) is 10.6. The Hall–Kier alpha value is -3.42. The number of nitrogens with one attached hydrogen (secondary N) is 1. The van der Waals surface area contributed by atoms with Crippen LogP contribution in [0.3, 0.4) is 0 Å². The monoisotopic (exact) mass is 458 g/mol. The van der Waals surface area contributed by atoms with Crippen molar-refractivity contribution in [2.75, 3.05) is 24.5 Å². The Bertz CT molecular complexity index is 1300. The molecule has 34 heavy (non-hydrogen) atoms. The molecule has 5 heterocycles. The number of carbonyl (C=O) groups is 2. The summed E-state index contributed by atoms with van der Waals surface area (Å²) in [6.07, 6.45) is 4.16. The van der Waals surface area contributed by atoms with Gasteiger partial charge in [0.25, 0.3) is 5.91 Å². The summed E-state index contributed by atoms with van der Waals surface area (Å²) in [5.41, 5.74) is 3.88. The molecule has 3 fully saturated rings. The number of likely N-dealkylation sites (tertiary alicyclic amines) is 1. The van der Waals surface area contributed by atoms with Crippen LogP contribution in [0.1, 0.15) is 54.9 Å². The lowest BCUT2D eigenvalue weighted by Gasteiger charge is -2.27. The summed E-state index contributed by atoms with van der Waals surface area (Å²) in [7, 11) is 0. The van der Waals surface area contributed by atoms with Gasteiger partial charge in [-0.05, 0) is 43.9 Å². The maximum absolute atomic E-state index is 13.3.